The number of phenolic OH excluding ortho intramolecular Hbond substituents is 1. The Morgan fingerprint density at radius 3 is 3.00 bits per heavy atom. The van der Waals surface area contributed by atoms with Gasteiger partial charge in [-0.1, -0.05) is 12.2 Å². The summed E-state index contributed by atoms with van der Waals surface area (Å²) in [6.07, 6.45) is 6.92. The molecule has 0 saturated carbocycles. The molecule has 0 saturated heterocycles. The highest BCUT2D eigenvalue weighted by Crippen LogP contribution is 2.24. The average molecular weight is 343 g/mol. The van der Waals surface area contributed by atoms with Crippen LogP contribution in [0.15, 0.2) is 30.4 Å². The lowest BCUT2D eigenvalue weighted by Gasteiger charge is -2.10. The summed E-state index contributed by atoms with van der Waals surface area (Å²) < 4.78 is 0.845. The third-order valence-electron chi connectivity index (χ3n) is 2.79. The van der Waals surface area contributed by atoms with E-state index in [9.17, 15) is 9.90 Å². The number of allylic oxidation sites excluding steroid dienone is 2. The molecule has 1 aliphatic carbocycles. The predicted molar refractivity (Wildman–Crippen MR) is 75.9 cm³/mol. The zero-order chi connectivity index (χ0) is 12.3. The van der Waals surface area contributed by atoms with E-state index < -0.39 is 0 Å². The number of hydrogen-bond acceptors (Lipinski definition) is 2. The molecule has 0 spiro atoms. The summed E-state index contributed by atoms with van der Waals surface area (Å²) in [5.74, 6) is 0.626. The number of rotatable bonds is 3. The molecule has 0 bridgehead atoms. The van der Waals surface area contributed by atoms with Crippen LogP contribution in [0.5, 0.6) is 5.75 Å². The zero-order valence-electron chi connectivity index (χ0n) is 9.32. The third-order valence-corrected chi connectivity index (χ3v) is 3.68. The maximum Gasteiger partial charge on any atom is 0.224 e. The largest absolute Gasteiger partial charge is 0.508 e. The molecule has 90 valence electrons. The zero-order valence-corrected chi connectivity index (χ0v) is 11.5. The van der Waals surface area contributed by atoms with Gasteiger partial charge in [0.25, 0.3) is 0 Å². The van der Waals surface area contributed by atoms with Gasteiger partial charge in [0.15, 0.2) is 0 Å². The Labute approximate surface area is 114 Å². The number of carbonyl (C=O) groups excluding carboxylic acids is 1. The molecule has 1 aromatic rings. The van der Waals surface area contributed by atoms with Gasteiger partial charge in [-0.3, -0.25) is 4.79 Å². The first-order valence-electron chi connectivity index (χ1n) is 5.60. The molecule has 3 nitrogen and oxygen atoms in total. The highest BCUT2D eigenvalue weighted by atomic mass is 127. The predicted octanol–water partition coefficient (Wildman–Crippen LogP) is 3.29. The van der Waals surface area contributed by atoms with E-state index in [1.165, 1.54) is 0 Å². The van der Waals surface area contributed by atoms with E-state index in [0.29, 0.717) is 12.3 Å². The molecule has 0 radical (unpaired) electrons. The van der Waals surface area contributed by atoms with Gasteiger partial charge in [-0.15, -0.1) is 0 Å². The number of nitrogens with one attached hydrogen (secondary N) is 1. The van der Waals surface area contributed by atoms with Gasteiger partial charge >= 0.3 is 0 Å². The Morgan fingerprint density at radius 1 is 1.53 bits per heavy atom. The van der Waals surface area contributed by atoms with Gasteiger partial charge < -0.3 is 10.4 Å². The van der Waals surface area contributed by atoms with Crippen molar-refractivity contribution < 1.29 is 9.90 Å². The van der Waals surface area contributed by atoms with Crippen LogP contribution in [0.1, 0.15) is 19.3 Å². The second-order valence-electron chi connectivity index (χ2n) is 4.18. The fourth-order valence-corrected chi connectivity index (χ4v) is 2.54. The van der Waals surface area contributed by atoms with Crippen molar-refractivity contribution >= 4 is 34.2 Å². The van der Waals surface area contributed by atoms with Crippen LogP contribution in [-0.4, -0.2) is 11.0 Å². The van der Waals surface area contributed by atoms with Crippen LogP contribution in [0.4, 0.5) is 5.69 Å². The van der Waals surface area contributed by atoms with Crippen molar-refractivity contribution in [3.63, 3.8) is 0 Å². The Morgan fingerprint density at radius 2 is 2.35 bits per heavy atom. The molecule has 2 rings (SSSR count). The molecular formula is C13H14INO2. The van der Waals surface area contributed by atoms with Gasteiger partial charge in [0.2, 0.25) is 5.91 Å². The Balaban J connectivity index is 1.95. The van der Waals surface area contributed by atoms with E-state index in [0.717, 1.165) is 22.1 Å². The number of carbonyl (C=O) groups is 1. The van der Waals surface area contributed by atoms with E-state index in [-0.39, 0.29) is 11.7 Å². The summed E-state index contributed by atoms with van der Waals surface area (Å²) in [5.41, 5.74) is 0.760. The summed E-state index contributed by atoms with van der Waals surface area (Å²) in [5, 5.41) is 12.1. The molecule has 4 heteroatoms. The van der Waals surface area contributed by atoms with E-state index in [4.69, 9.17) is 0 Å². The molecule has 1 aliphatic rings. The summed E-state index contributed by atoms with van der Waals surface area (Å²) in [4.78, 5) is 11.8. The summed E-state index contributed by atoms with van der Waals surface area (Å²) in [7, 11) is 0. The van der Waals surface area contributed by atoms with Gasteiger partial charge in [0, 0.05) is 9.99 Å². The van der Waals surface area contributed by atoms with Crippen LogP contribution in [-0.2, 0) is 4.79 Å². The summed E-state index contributed by atoms with van der Waals surface area (Å²) in [6, 6.07) is 4.93. The van der Waals surface area contributed by atoms with E-state index in [1.54, 1.807) is 18.2 Å². The molecule has 0 heterocycles. The summed E-state index contributed by atoms with van der Waals surface area (Å²) in [6.45, 7) is 0. The molecular weight excluding hydrogens is 329 g/mol. The van der Waals surface area contributed by atoms with Crippen LogP contribution < -0.4 is 5.32 Å². The molecule has 0 aromatic heterocycles. The molecule has 1 atom stereocenters. The maximum absolute atomic E-state index is 11.8. The van der Waals surface area contributed by atoms with Crippen LogP contribution in [0.2, 0.25) is 0 Å². The van der Waals surface area contributed by atoms with Crippen molar-refractivity contribution in [1.82, 2.24) is 0 Å². The average Bonchev–Trinajstić information content (AvgIpc) is 2.75. The minimum atomic E-state index is 0.0326. The Kier molecular flexibility index (Phi) is 4.04. The first-order valence-corrected chi connectivity index (χ1v) is 6.68. The van der Waals surface area contributed by atoms with Crippen LogP contribution >= 0.6 is 22.6 Å². The van der Waals surface area contributed by atoms with Crippen molar-refractivity contribution in [2.75, 3.05) is 5.32 Å². The van der Waals surface area contributed by atoms with Crippen molar-refractivity contribution in [2.24, 2.45) is 5.92 Å². The molecule has 0 fully saturated rings. The number of hydrogen-bond donors (Lipinski definition) is 2. The van der Waals surface area contributed by atoms with E-state index in [1.807, 2.05) is 0 Å². The van der Waals surface area contributed by atoms with E-state index >= 15 is 0 Å². The van der Waals surface area contributed by atoms with Gasteiger partial charge in [-0.05, 0) is 59.5 Å². The SMILES string of the molecule is O=C(C[C@H]1C=CCC1)Nc1ccc(O)cc1I. The van der Waals surface area contributed by atoms with Gasteiger partial charge in [0.05, 0.1) is 5.69 Å². The number of benzene rings is 1. The highest BCUT2D eigenvalue weighted by molar-refractivity contribution is 14.1. The minimum absolute atomic E-state index is 0.0326. The van der Waals surface area contributed by atoms with Gasteiger partial charge in [-0.2, -0.15) is 0 Å². The second kappa shape index (κ2) is 5.53. The molecule has 0 unspecified atom stereocenters. The first-order chi connectivity index (χ1) is 8.15. The van der Waals surface area contributed by atoms with Crippen molar-refractivity contribution in [3.05, 3.63) is 33.9 Å². The van der Waals surface area contributed by atoms with Crippen LogP contribution in [0, 0.1) is 9.49 Å². The lowest BCUT2D eigenvalue weighted by atomic mass is 10.1. The number of halogens is 1. The van der Waals surface area contributed by atoms with Gasteiger partial charge in [-0.25, -0.2) is 0 Å². The van der Waals surface area contributed by atoms with Crippen LogP contribution in [0.25, 0.3) is 0 Å². The van der Waals surface area contributed by atoms with Crippen LogP contribution in [0.3, 0.4) is 0 Å². The lowest BCUT2D eigenvalue weighted by Crippen LogP contribution is -2.15. The molecule has 0 aliphatic heterocycles. The topological polar surface area (TPSA) is 49.3 Å². The Bertz CT molecular complexity index is 457. The van der Waals surface area contributed by atoms with Gasteiger partial charge in [0.1, 0.15) is 5.75 Å². The lowest BCUT2D eigenvalue weighted by molar-refractivity contribution is -0.116. The summed E-state index contributed by atoms with van der Waals surface area (Å²) >= 11 is 2.10. The molecule has 1 aromatic carbocycles. The number of aromatic hydroxyl groups is 1. The standard InChI is InChI=1S/C13H14INO2/c14-11-8-10(16)5-6-12(11)15-13(17)7-9-3-1-2-4-9/h1,3,5-6,8-9,16H,2,4,7H2,(H,15,17)/t9-/m0/s1. The third kappa shape index (κ3) is 3.46. The highest BCUT2D eigenvalue weighted by Gasteiger charge is 2.14. The van der Waals surface area contributed by atoms with Crippen molar-refractivity contribution in [3.8, 4) is 5.75 Å². The molecule has 1 amide bonds. The minimum Gasteiger partial charge on any atom is -0.508 e. The number of anilines is 1. The second-order valence-corrected chi connectivity index (χ2v) is 5.34. The van der Waals surface area contributed by atoms with Crippen molar-refractivity contribution in [2.45, 2.75) is 19.3 Å². The number of amides is 1. The van der Waals surface area contributed by atoms with E-state index in [2.05, 4.69) is 40.1 Å². The Hall–Kier alpha value is -1.04. The molecule has 17 heavy (non-hydrogen) atoms. The molecule has 2 N–H and O–H groups in total. The fourth-order valence-electron chi connectivity index (χ4n) is 1.91. The van der Waals surface area contributed by atoms with Crippen molar-refractivity contribution in [1.29, 1.82) is 0 Å². The smallest absolute Gasteiger partial charge is 0.224 e. The fraction of sp³-hybridized carbons (Fsp3) is 0.308. The normalized spacial score (nSPS) is 18.3. The quantitative estimate of drug-likeness (QED) is 0.503. The number of phenols is 1. The maximum atomic E-state index is 11.8. The monoisotopic (exact) mass is 343 g/mol. The first kappa shape index (κ1) is 12.4.